The first kappa shape index (κ1) is 16.0. The first-order valence-corrected chi connectivity index (χ1v) is 8.25. The molecular formula is C16H25N5O2. The molecule has 2 aliphatic rings. The fourth-order valence-corrected chi connectivity index (χ4v) is 3.55. The summed E-state index contributed by atoms with van der Waals surface area (Å²) in [5.41, 5.74) is 0. The molecule has 0 aliphatic carbocycles. The summed E-state index contributed by atoms with van der Waals surface area (Å²) in [6.45, 7) is 5.37. The number of imidazole rings is 1. The van der Waals surface area contributed by atoms with Crippen molar-refractivity contribution in [2.45, 2.75) is 19.4 Å². The molecule has 2 atom stereocenters. The Morgan fingerprint density at radius 2 is 2.09 bits per heavy atom. The van der Waals surface area contributed by atoms with Crippen molar-refractivity contribution in [3.8, 4) is 0 Å². The van der Waals surface area contributed by atoms with Crippen LogP contribution in [0, 0.1) is 5.92 Å². The molecule has 1 aromatic rings. The van der Waals surface area contributed by atoms with Gasteiger partial charge in [-0.3, -0.25) is 14.5 Å². The van der Waals surface area contributed by atoms with Crippen molar-refractivity contribution in [2.24, 2.45) is 13.0 Å². The Morgan fingerprint density at radius 3 is 2.70 bits per heavy atom. The van der Waals surface area contributed by atoms with Crippen LogP contribution in [-0.2, 0) is 16.6 Å². The predicted octanol–water partition coefficient (Wildman–Crippen LogP) is 0.104. The standard InChI is InChI=1S/C16H25N5O2/c1-4-20-10-12(9-14(20)22)16(23)21-8-7-18(2)13(11-21)15-17-5-6-19(15)3/h5-6,12-13H,4,7-11H2,1-3H3/t12-,13+/m0/s1. The third kappa shape index (κ3) is 2.97. The zero-order valence-corrected chi connectivity index (χ0v) is 14.1. The fourth-order valence-electron chi connectivity index (χ4n) is 3.55. The Hall–Kier alpha value is -1.89. The van der Waals surface area contributed by atoms with Gasteiger partial charge in [0.05, 0.1) is 12.0 Å². The van der Waals surface area contributed by atoms with Gasteiger partial charge >= 0.3 is 0 Å². The number of aromatic nitrogens is 2. The van der Waals surface area contributed by atoms with Crippen molar-refractivity contribution in [3.05, 3.63) is 18.2 Å². The topological polar surface area (TPSA) is 61.7 Å². The number of carbonyl (C=O) groups is 2. The van der Waals surface area contributed by atoms with Gasteiger partial charge in [0, 0.05) is 58.6 Å². The zero-order chi connectivity index (χ0) is 16.6. The molecule has 0 radical (unpaired) electrons. The number of likely N-dealkylation sites (tertiary alicyclic amines) is 1. The fraction of sp³-hybridized carbons (Fsp3) is 0.688. The van der Waals surface area contributed by atoms with Crippen LogP contribution in [0.25, 0.3) is 0 Å². The summed E-state index contributed by atoms with van der Waals surface area (Å²) in [5.74, 6) is 0.998. The number of rotatable bonds is 3. The largest absolute Gasteiger partial charge is 0.342 e. The third-order valence-electron chi connectivity index (χ3n) is 5.06. The molecule has 2 amide bonds. The lowest BCUT2D eigenvalue weighted by Crippen LogP contribution is -2.51. The van der Waals surface area contributed by atoms with Gasteiger partial charge in [-0.05, 0) is 14.0 Å². The van der Waals surface area contributed by atoms with Crippen LogP contribution in [0.1, 0.15) is 25.2 Å². The van der Waals surface area contributed by atoms with Gasteiger partial charge in [0.15, 0.2) is 0 Å². The van der Waals surface area contributed by atoms with Crippen LogP contribution in [-0.4, -0.2) is 75.8 Å². The molecule has 3 heterocycles. The van der Waals surface area contributed by atoms with Crippen LogP contribution < -0.4 is 0 Å². The molecule has 1 aromatic heterocycles. The molecule has 0 saturated carbocycles. The Balaban J connectivity index is 1.70. The molecule has 23 heavy (non-hydrogen) atoms. The second-order valence-electron chi connectivity index (χ2n) is 6.51. The Morgan fingerprint density at radius 1 is 1.30 bits per heavy atom. The average Bonchev–Trinajstić information content (AvgIpc) is 3.13. The molecule has 0 bridgehead atoms. The lowest BCUT2D eigenvalue weighted by Gasteiger charge is -2.39. The van der Waals surface area contributed by atoms with Crippen LogP contribution >= 0.6 is 0 Å². The number of nitrogens with zero attached hydrogens (tertiary/aromatic N) is 5. The smallest absolute Gasteiger partial charge is 0.228 e. The van der Waals surface area contributed by atoms with Crippen molar-refractivity contribution >= 4 is 11.8 Å². The Bertz CT molecular complexity index is 599. The van der Waals surface area contributed by atoms with Gasteiger partial charge in [-0.15, -0.1) is 0 Å². The van der Waals surface area contributed by atoms with Gasteiger partial charge < -0.3 is 14.4 Å². The van der Waals surface area contributed by atoms with E-state index in [1.165, 1.54) is 0 Å². The van der Waals surface area contributed by atoms with E-state index in [0.29, 0.717) is 32.6 Å². The molecule has 3 rings (SSSR count). The maximum Gasteiger partial charge on any atom is 0.228 e. The minimum absolute atomic E-state index is 0.0978. The number of carbonyl (C=O) groups excluding carboxylic acids is 2. The lowest BCUT2D eigenvalue weighted by atomic mass is 10.0. The minimum Gasteiger partial charge on any atom is -0.342 e. The summed E-state index contributed by atoms with van der Waals surface area (Å²) in [6.07, 6.45) is 4.07. The van der Waals surface area contributed by atoms with E-state index in [1.807, 2.05) is 29.6 Å². The highest BCUT2D eigenvalue weighted by atomic mass is 16.2. The van der Waals surface area contributed by atoms with Crippen LogP contribution in [0.4, 0.5) is 0 Å². The molecule has 7 nitrogen and oxygen atoms in total. The predicted molar refractivity (Wildman–Crippen MR) is 85.5 cm³/mol. The second-order valence-corrected chi connectivity index (χ2v) is 6.51. The summed E-state index contributed by atoms with van der Waals surface area (Å²) >= 11 is 0. The van der Waals surface area contributed by atoms with Crippen molar-refractivity contribution < 1.29 is 9.59 Å². The SMILES string of the molecule is CCN1C[C@@H](C(=O)N2CCN(C)[C@@H](c3nccn3C)C2)CC1=O. The number of hydrogen-bond donors (Lipinski definition) is 0. The Kier molecular flexibility index (Phi) is 4.39. The van der Waals surface area contributed by atoms with Crippen molar-refractivity contribution in [1.29, 1.82) is 0 Å². The second kappa shape index (κ2) is 6.31. The monoisotopic (exact) mass is 319 g/mol. The normalized spacial score (nSPS) is 26.1. The summed E-state index contributed by atoms with van der Waals surface area (Å²) in [7, 11) is 4.05. The van der Waals surface area contributed by atoms with Crippen LogP contribution in [0.15, 0.2) is 12.4 Å². The maximum atomic E-state index is 12.8. The summed E-state index contributed by atoms with van der Waals surface area (Å²) in [5, 5.41) is 0. The van der Waals surface area contributed by atoms with E-state index in [4.69, 9.17) is 0 Å². The van der Waals surface area contributed by atoms with Gasteiger partial charge in [-0.25, -0.2) is 4.98 Å². The van der Waals surface area contributed by atoms with E-state index in [0.717, 1.165) is 12.4 Å². The maximum absolute atomic E-state index is 12.8. The van der Waals surface area contributed by atoms with Crippen molar-refractivity contribution in [2.75, 3.05) is 39.8 Å². The number of piperazine rings is 1. The van der Waals surface area contributed by atoms with Crippen molar-refractivity contribution in [1.82, 2.24) is 24.3 Å². The van der Waals surface area contributed by atoms with E-state index >= 15 is 0 Å². The highest BCUT2D eigenvalue weighted by molar-refractivity contribution is 5.89. The molecule has 2 saturated heterocycles. The number of amides is 2. The van der Waals surface area contributed by atoms with E-state index in [2.05, 4.69) is 16.9 Å². The first-order chi connectivity index (χ1) is 11.0. The summed E-state index contributed by atoms with van der Waals surface area (Å²) in [6, 6.07) is 0.104. The van der Waals surface area contributed by atoms with Crippen molar-refractivity contribution in [3.63, 3.8) is 0 Å². The number of likely N-dealkylation sites (N-methyl/N-ethyl adjacent to an activating group) is 1. The highest BCUT2D eigenvalue weighted by Crippen LogP contribution is 2.26. The molecular weight excluding hydrogens is 294 g/mol. The van der Waals surface area contributed by atoms with Gasteiger partial charge in [-0.1, -0.05) is 0 Å². The van der Waals surface area contributed by atoms with Crippen LogP contribution in [0.2, 0.25) is 0 Å². The van der Waals surface area contributed by atoms with Gasteiger partial charge in [0.2, 0.25) is 11.8 Å². The minimum atomic E-state index is -0.187. The molecule has 7 heteroatoms. The van der Waals surface area contributed by atoms with Gasteiger partial charge in [0.25, 0.3) is 0 Å². The summed E-state index contributed by atoms with van der Waals surface area (Å²) in [4.78, 5) is 35.1. The average molecular weight is 319 g/mol. The van der Waals surface area contributed by atoms with Gasteiger partial charge in [-0.2, -0.15) is 0 Å². The van der Waals surface area contributed by atoms with E-state index in [1.54, 1.807) is 11.1 Å². The molecule has 126 valence electrons. The lowest BCUT2D eigenvalue weighted by molar-refractivity contribution is -0.138. The first-order valence-electron chi connectivity index (χ1n) is 8.25. The van der Waals surface area contributed by atoms with E-state index in [-0.39, 0.29) is 23.8 Å². The number of aryl methyl sites for hydroxylation is 1. The number of hydrogen-bond acceptors (Lipinski definition) is 4. The van der Waals surface area contributed by atoms with Crippen LogP contribution in [0.5, 0.6) is 0 Å². The highest BCUT2D eigenvalue weighted by Gasteiger charge is 2.38. The molecule has 0 spiro atoms. The molecule has 0 unspecified atom stereocenters. The molecule has 2 fully saturated rings. The molecule has 0 aromatic carbocycles. The molecule has 2 aliphatic heterocycles. The summed E-state index contributed by atoms with van der Waals surface area (Å²) < 4.78 is 2.01. The third-order valence-corrected chi connectivity index (χ3v) is 5.06. The van der Waals surface area contributed by atoms with Crippen LogP contribution in [0.3, 0.4) is 0 Å². The van der Waals surface area contributed by atoms with E-state index in [9.17, 15) is 9.59 Å². The molecule has 0 N–H and O–H groups in total. The quantitative estimate of drug-likeness (QED) is 0.793. The van der Waals surface area contributed by atoms with Gasteiger partial charge in [0.1, 0.15) is 5.82 Å². The van der Waals surface area contributed by atoms with E-state index < -0.39 is 0 Å². The zero-order valence-electron chi connectivity index (χ0n) is 14.1. The Labute approximate surface area is 136 Å².